The molecule has 7 heteroatoms. The molecule has 0 heterocycles. The minimum atomic E-state index is -0.914. The van der Waals surface area contributed by atoms with E-state index in [9.17, 15) is 14.4 Å². The minimum Gasteiger partial charge on any atom is -0.481 e. The van der Waals surface area contributed by atoms with Crippen molar-refractivity contribution in [1.29, 1.82) is 0 Å². The van der Waals surface area contributed by atoms with E-state index in [0.717, 1.165) is 22.3 Å². The lowest BCUT2D eigenvalue weighted by molar-refractivity contribution is -0.137. The summed E-state index contributed by atoms with van der Waals surface area (Å²) in [4.78, 5) is 35.9. The second-order valence-corrected chi connectivity index (χ2v) is 9.06. The first-order valence-electron chi connectivity index (χ1n) is 10.8. The molecule has 0 fully saturated rings. The molecule has 0 aromatic heterocycles. The van der Waals surface area contributed by atoms with Crippen molar-refractivity contribution in [3.05, 3.63) is 59.7 Å². The van der Waals surface area contributed by atoms with Crippen molar-refractivity contribution in [3.8, 4) is 11.1 Å². The summed E-state index contributed by atoms with van der Waals surface area (Å²) in [6.45, 7) is 5.93. The molecule has 3 N–H and O–H groups in total. The Morgan fingerprint density at radius 1 is 1.00 bits per heavy atom. The maximum absolute atomic E-state index is 12.6. The zero-order valence-corrected chi connectivity index (χ0v) is 18.7. The van der Waals surface area contributed by atoms with E-state index in [4.69, 9.17) is 9.84 Å². The summed E-state index contributed by atoms with van der Waals surface area (Å²) in [6.07, 6.45) is -0.365. The van der Waals surface area contributed by atoms with Gasteiger partial charge in [-0.05, 0) is 34.1 Å². The Bertz CT molecular complexity index is 950. The SMILES string of the molecule is CC(C)(C)[C@H](NC(=O)OCC1c2ccccc2-c2ccccc21)C(=O)NCCCC(=O)O. The van der Waals surface area contributed by atoms with Gasteiger partial charge in [-0.2, -0.15) is 0 Å². The number of carbonyl (C=O) groups excluding carboxylic acids is 2. The van der Waals surface area contributed by atoms with Gasteiger partial charge in [-0.25, -0.2) is 4.79 Å². The number of rotatable bonds is 8. The van der Waals surface area contributed by atoms with Crippen LogP contribution in [0.2, 0.25) is 0 Å². The number of ether oxygens (including phenoxy) is 1. The van der Waals surface area contributed by atoms with Crippen molar-refractivity contribution in [2.45, 2.75) is 45.6 Å². The summed E-state index contributed by atoms with van der Waals surface area (Å²) in [6, 6.07) is 15.3. The van der Waals surface area contributed by atoms with Crippen LogP contribution in [0, 0.1) is 5.41 Å². The minimum absolute atomic E-state index is 0.0275. The number of aliphatic carboxylic acids is 1. The van der Waals surface area contributed by atoms with Gasteiger partial charge in [0.25, 0.3) is 0 Å². The second kappa shape index (κ2) is 9.85. The summed E-state index contributed by atoms with van der Waals surface area (Å²) in [7, 11) is 0. The predicted molar refractivity (Wildman–Crippen MR) is 121 cm³/mol. The Morgan fingerprint density at radius 3 is 2.09 bits per heavy atom. The number of hydrogen-bond donors (Lipinski definition) is 3. The van der Waals surface area contributed by atoms with Gasteiger partial charge in [0, 0.05) is 18.9 Å². The first-order chi connectivity index (χ1) is 15.2. The summed E-state index contributed by atoms with van der Waals surface area (Å²) in [5.74, 6) is -1.34. The fourth-order valence-corrected chi connectivity index (χ4v) is 3.99. The number of alkyl carbamates (subject to hydrolysis) is 1. The van der Waals surface area contributed by atoms with E-state index in [1.54, 1.807) is 0 Å². The molecular formula is C25H30N2O5. The maximum Gasteiger partial charge on any atom is 0.407 e. The summed E-state index contributed by atoms with van der Waals surface area (Å²) >= 11 is 0. The van der Waals surface area contributed by atoms with Crippen molar-refractivity contribution in [2.75, 3.05) is 13.2 Å². The highest BCUT2D eigenvalue weighted by atomic mass is 16.5. The predicted octanol–water partition coefficient (Wildman–Crippen LogP) is 3.92. The Balaban J connectivity index is 1.62. The van der Waals surface area contributed by atoms with Crippen LogP contribution in [0.15, 0.2) is 48.5 Å². The van der Waals surface area contributed by atoms with E-state index in [1.165, 1.54) is 0 Å². The maximum atomic E-state index is 12.6. The van der Waals surface area contributed by atoms with Gasteiger partial charge in [-0.15, -0.1) is 0 Å². The summed E-state index contributed by atoms with van der Waals surface area (Å²) in [5, 5.41) is 14.1. The average molecular weight is 439 g/mol. The Kier molecular flexibility index (Phi) is 7.18. The van der Waals surface area contributed by atoms with Crippen LogP contribution in [0.5, 0.6) is 0 Å². The van der Waals surface area contributed by atoms with E-state index in [2.05, 4.69) is 22.8 Å². The van der Waals surface area contributed by atoms with Crippen LogP contribution in [-0.4, -0.2) is 42.3 Å². The summed E-state index contributed by atoms with van der Waals surface area (Å²) < 4.78 is 5.56. The van der Waals surface area contributed by atoms with Crippen molar-refractivity contribution < 1.29 is 24.2 Å². The number of amides is 2. The Labute approximate surface area is 188 Å². The van der Waals surface area contributed by atoms with Crippen molar-refractivity contribution >= 4 is 18.0 Å². The molecule has 1 aliphatic carbocycles. The van der Waals surface area contributed by atoms with Crippen LogP contribution < -0.4 is 10.6 Å². The molecular weight excluding hydrogens is 408 g/mol. The molecule has 0 saturated carbocycles. The van der Waals surface area contributed by atoms with Crippen LogP contribution in [0.1, 0.15) is 50.7 Å². The third kappa shape index (κ3) is 5.46. The van der Waals surface area contributed by atoms with Gasteiger partial charge >= 0.3 is 12.1 Å². The first kappa shape index (κ1) is 23.3. The number of carboxylic acids is 1. The van der Waals surface area contributed by atoms with Gasteiger partial charge in [0.2, 0.25) is 5.91 Å². The smallest absolute Gasteiger partial charge is 0.407 e. The van der Waals surface area contributed by atoms with Crippen LogP contribution in [0.3, 0.4) is 0 Å². The van der Waals surface area contributed by atoms with Gasteiger partial charge in [-0.1, -0.05) is 69.3 Å². The number of carbonyl (C=O) groups is 3. The number of carboxylic acid groups (broad SMARTS) is 1. The quantitative estimate of drug-likeness (QED) is 0.542. The lowest BCUT2D eigenvalue weighted by Crippen LogP contribution is -2.54. The van der Waals surface area contributed by atoms with Crippen LogP contribution in [0.4, 0.5) is 4.79 Å². The lowest BCUT2D eigenvalue weighted by Gasteiger charge is -2.30. The molecule has 3 rings (SSSR count). The van der Waals surface area contributed by atoms with Gasteiger partial charge in [0.15, 0.2) is 0 Å². The standard InChI is InChI=1S/C25H30N2O5/c1-25(2,3)22(23(30)26-14-8-13-21(28)29)27-24(31)32-15-20-18-11-6-4-9-16(18)17-10-5-7-12-19(17)20/h4-7,9-12,20,22H,8,13-15H2,1-3H3,(H,26,30)(H,27,31)(H,28,29)/t22-/m1/s1. The molecule has 170 valence electrons. The molecule has 2 aromatic rings. The molecule has 0 unspecified atom stereocenters. The number of hydrogen-bond acceptors (Lipinski definition) is 4. The van der Waals surface area contributed by atoms with Crippen LogP contribution >= 0.6 is 0 Å². The zero-order chi connectivity index (χ0) is 23.3. The largest absolute Gasteiger partial charge is 0.481 e. The molecule has 0 radical (unpaired) electrons. The fourth-order valence-electron chi connectivity index (χ4n) is 3.99. The van der Waals surface area contributed by atoms with Gasteiger partial charge in [-0.3, -0.25) is 9.59 Å². The molecule has 7 nitrogen and oxygen atoms in total. The molecule has 0 aliphatic heterocycles. The van der Waals surface area contributed by atoms with Gasteiger partial charge < -0.3 is 20.5 Å². The molecule has 1 atom stereocenters. The first-order valence-corrected chi connectivity index (χ1v) is 10.8. The van der Waals surface area contributed by atoms with E-state index in [1.807, 2.05) is 57.2 Å². The van der Waals surface area contributed by atoms with E-state index in [-0.39, 0.29) is 31.4 Å². The molecule has 2 amide bonds. The highest BCUT2D eigenvalue weighted by molar-refractivity contribution is 5.86. The van der Waals surface area contributed by atoms with Crippen LogP contribution in [0.25, 0.3) is 11.1 Å². The second-order valence-electron chi connectivity index (χ2n) is 9.06. The molecule has 2 aromatic carbocycles. The van der Waals surface area contributed by atoms with Crippen molar-refractivity contribution in [1.82, 2.24) is 10.6 Å². The third-order valence-electron chi connectivity index (χ3n) is 5.60. The third-order valence-corrected chi connectivity index (χ3v) is 5.60. The molecule has 0 spiro atoms. The topological polar surface area (TPSA) is 105 Å². The molecule has 0 saturated heterocycles. The number of nitrogens with one attached hydrogen (secondary N) is 2. The zero-order valence-electron chi connectivity index (χ0n) is 18.7. The van der Waals surface area contributed by atoms with E-state index < -0.39 is 23.5 Å². The average Bonchev–Trinajstić information content (AvgIpc) is 3.06. The Hall–Kier alpha value is -3.35. The summed E-state index contributed by atoms with van der Waals surface area (Å²) in [5.41, 5.74) is 3.97. The van der Waals surface area contributed by atoms with Crippen molar-refractivity contribution in [2.24, 2.45) is 5.41 Å². The molecule has 32 heavy (non-hydrogen) atoms. The fraction of sp³-hybridized carbons (Fsp3) is 0.400. The highest BCUT2D eigenvalue weighted by Gasteiger charge is 2.34. The van der Waals surface area contributed by atoms with E-state index in [0.29, 0.717) is 6.42 Å². The molecule has 0 bridgehead atoms. The van der Waals surface area contributed by atoms with Gasteiger partial charge in [0.1, 0.15) is 12.6 Å². The Morgan fingerprint density at radius 2 is 1.56 bits per heavy atom. The van der Waals surface area contributed by atoms with Crippen molar-refractivity contribution in [3.63, 3.8) is 0 Å². The monoisotopic (exact) mass is 438 g/mol. The van der Waals surface area contributed by atoms with E-state index >= 15 is 0 Å². The number of benzene rings is 2. The molecule has 1 aliphatic rings. The van der Waals surface area contributed by atoms with Crippen LogP contribution in [-0.2, 0) is 14.3 Å². The lowest BCUT2D eigenvalue weighted by atomic mass is 9.86. The highest BCUT2D eigenvalue weighted by Crippen LogP contribution is 2.44. The number of fused-ring (bicyclic) bond motifs is 3. The van der Waals surface area contributed by atoms with Gasteiger partial charge in [0.05, 0.1) is 0 Å². The normalized spacial score (nSPS) is 13.6.